The van der Waals surface area contributed by atoms with E-state index in [9.17, 15) is 0 Å². The average molecular weight is 365 g/mol. The molecule has 0 aliphatic carbocycles. The van der Waals surface area contributed by atoms with Crippen molar-refractivity contribution in [1.82, 2.24) is 4.98 Å². The van der Waals surface area contributed by atoms with Crippen molar-refractivity contribution in [3.63, 3.8) is 0 Å². The van der Waals surface area contributed by atoms with Gasteiger partial charge in [-0.15, -0.1) is 0 Å². The lowest BCUT2D eigenvalue weighted by molar-refractivity contribution is 0.483. The molecule has 0 saturated carbocycles. The molecule has 0 N–H and O–H groups in total. The van der Waals surface area contributed by atoms with Gasteiger partial charge >= 0.3 is 0 Å². The van der Waals surface area contributed by atoms with Crippen LogP contribution in [0.4, 0.5) is 22.9 Å². The van der Waals surface area contributed by atoms with Crippen LogP contribution in [0.1, 0.15) is 0 Å². The second kappa shape index (κ2) is 7.08. The van der Waals surface area contributed by atoms with Gasteiger partial charge in [-0.2, -0.15) is 0 Å². The molecule has 1 aliphatic rings. The third-order valence-corrected chi connectivity index (χ3v) is 4.78. The molecule has 0 fully saturated rings. The summed E-state index contributed by atoms with van der Waals surface area (Å²) in [5, 5.41) is 0. The molecule has 0 spiro atoms. The second-order valence-corrected chi connectivity index (χ2v) is 6.56. The van der Waals surface area contributed by atoms with Crippen LogP contribution in [0.3, 0.4) is 0 Å². The molecule has 0 saturated heterocycles. The zero-order chi connectivity index (χ0) is 18.8. The highest BCUT2D eigenvalue weighted by Gasteiger charge is 2.32. The minimum Gasteiger partial charge on any atom is -0.455 e. The van der Waals surface area contributed by atoms with E-state index in [1.54, 1.807) is 0 Å². The molecule has 0 atom stereocenters. The Kier molecular flexibility index (Phi) is 4.14. The SMILES string of the molecule is c1ccc(Oc2ccnc3c2N(c2ccccc2)CN3c2ccccc2)cc1. The number of para-hydroxylation sites is 3. The Morgan fingerprint density at radius 1 is 0.643 bits per heavy atom. The number of benzene rings is 3. The maximum atomic E-state index is 6.25. The molecule has 0 amide bonds. The Labute approximate surface area is 164 Å². The molecular formula is C24H19N3O. The summed E-state index contributed by atoms with van der Waals surface area (Å²) in [6, 6.07) is 32.4. The summed E-state index contributed by atoms with van der Waals surface area (Å²) in [4.78, 5) is 9.15. The summed E-state index contributed by atoms with van der Waals surface area (Å²) in [7, 11) is 0. The predicted molar refractivity (Wildman–Crippen MR) is 113 cm³/mol. The Morgan fingerprint density at radius 3 is 1.86 bits per heavy atom. The van der Waals surface area contributed by atoms with E-state index < -0.39 is 0 Å². The monoisotopic (exact) mass is 365 g/mol. The lowest BCUT2D eigenvalue weighted by Crippen LogP contribution is -2.24. The van der Waals surface area contributed by atoms with Crippen LogP contribution in [0.25, 0.3) is 0 Å². The molecule has 5 rings (SSSR count). The summed E-state index contributed by atoms with van der Waals surface area (Å²) in [5.41, 5.74) is 3.18. The Bertz CT molecular complexity index is 1070. The summed E-state index contributed by atoms with van der Waals surface area (Å²) < 4.78 is 6.25. The van der Waals surface area contributed by atoms with Gasteiger partial charge in [0.05, 0.1) is 0 Å². The van der Waals surface area contributed by atoms with Crippen LogP contribution in [0.5, 0.6) is 11.5 Å². The highest BCUT2D eigenvalue weighted by Crippen LogP contribution is 2.48. The van der Waals surface area contributed by atoms with E-state index in [1.165, 1.54) is 0 Å². The van der Waals surface area contributed by atoms with Crippen molar-refractivity contribution in [2.75, 3.05) is 16.5 Å². The van der Waals surface area contributed by atoms with Gasteiger partial charge in [-0.25, -0.2) is 4.98 Å². The van der Waals surface area contributed by atoms with Gasteiger partial charge in [-0.05, 0) is 36.4 Å². The van der Waals surface area contributed by atoms with E-state index in [1.807, 2.05) is 79.0 Å². The molecule has 4 heteroatoms. The smallest absolute Gasteiger partial charge is 0.162 e. The first-order valence-corrected chi connectivity index (χ1v) is 9.27. The van der Waals surface area contributed by atoms with Crippen molar-refractivity contribution in [3.05, 3.63) is 103 Å². The van der Waals surface area contributed by atoms with Crippen LogP contribution >= 0.6 is 0 Å². The van der Waals surface area contributed by atoms with Crippen molar-refractivity contribution < 1.29 is 4.74 Å². The molecule has 0 unspecified atom stereocenters. The zero-order valence-electron chi connectivity index (χ0n) is 15.3. The summed E-state index contributed by atoms with van der Waals surface area (Å²) >= 11 is 0. The normalized spacial score (nSPS) is 12.7. The van der Waals surface area contributed by atoms with Crippen molar-refractivity contribution in [2.24, 2.45) is 0 Å². The van der Waals surface area contributed by atoms with Crippen molar-refractivity contribution >= 4 is 22.9 Å². The van der Waals surface area contributed by atoms with E-state index in [2.05, 4.69) is 34.1 Å². The first-order chi connectivity index (χ1) is 13.9. The summed E-state index contributed by atoms with van der Waals surface area (Å²) in [6.07, 6.45) is 1.81. The largest absolute Gasteiger partial charge is 0.455 e. The van der Waals surface area contributed by atoms with E-state index in [0.717, 1.165) is 34.4 Å². The number of fused-ring (bicyclic) bond motifs is 1. The van der Waals surface area contributed by atoms with Gasteiger partial charge < -0.3 is 14.5 Å². The maximum Gasteiger partial charge on any atom is 0.162 e. The standard InChI is InChI=1S/C24H19N3O/c1-4-10-19(11-5-1)26-18-27(20-12-6-2-7-13-20)24-23(26)22(16-17-25-24)28-21-14-8-3-9-15-21/h1-17H,18H2. The van der Waals surface area contributed by atoms with Gasteiger partial charge in [0.15, 0.2) is 11.6 Å². The first kappa shape index (κ1) is 16.4. The number of pyridine rings is 1. The number of hydrogen-bond acceptors (Lipinski definition) is 4. The number of ether oxygens (including phenoxy) is 1. The Hall–Kier alpha value is -3.79. The average Bonchev–Trinajstić information content (AvgIpc) is 3.17. The lowest BCUT2D eigenvalue weighted by Gasteiger charge is -2.22. The fraction of sp³-hybridized carbons (Fsp3) is 0.0417. The molecule has 136 valence electrons. The lowest BCUT2D eigenvalue weighted by atomic mass is 10.2. The fourth-order valence-electron chi connectivity index (χ4n) is 3.48. The molecule has 0 bridgehead atoms. The highest BCUT2D eigenvalue weighted by atomic mass is 16.5. The predicted octanol–water partition coefficient (Wildman–Crippen LogP) is 6.12. The maximum absolute atomic E-state index is 6.25. The van der Waals surface area contributed by atoms with Gasteiger partial charge in [-0.3, -0.25) is 0 Å². The molecule has 2 heterocycles. The minimum atomic E-state index is 0.672. The quantitative estimate of drug-likeness (QED) is 0.435. The van der Waals surface area contributed by atoms with Crippen LogP contribution in [0, 0.1) is 0 Å². The fourth-order valence-corrected chi connectivity index (χ4v) is 3.48. The van der Waals surface area contributed by atoms with Gasteiger partial charge in [0.1, 0.15) is 18.1 Å². The van der Waals surface area contributed by atoms with Crippen molar-refractivity contribution in [2.45, 2.75) is 0 Å². The van der Waals surface area contributed by atoms with E-state index >= 15 is 0 Å². The van der Waals surface area contributed by atoms with Crippen LogP contribution in [-0.2, 0) is 0 Å². The van der Waals surface area contributed by atoms with E-state index in [0.29, 0.717) is 6.67 Å². The molecule has 4 aromatic rings. The first-order valence-electron chi connectivity index (χ1n) is 9.27. The van der Waals surface area contributed by atoms with E-state index in [4.69, 9.17) is 9.72 Å². The number of rotatable bonds is 4. The molecule has 3 aromatic carbocycles. The van der Waals surface area contributed by atoms with Crippen LogP contribution < -0.4 is 14.5 Å². The van der Waals surface area contributed by atoms with Crippen molar-refractivity contribution in [3.8, 4) is 11.5 Å². The van der Waals surface area contributed by atoms with Crippen LogP contribution in [0.15, 0.2) is 103 Å². The molecule has 1 aromatic heterocycles. The molecule has 28 heavy (non-hydrogen) atoms. The molecule has 0 radical (unpaired) electrons. The molecule has 1 aliphatic heterocycles. The Morgan fingerprint density at radius 2 is 1.21 bits per heavy atom. The Balaban J connectivity index is 1.63. The molecular weight excluding hydrogens is 346 g/mol. The summed E-state index contributed by atoms with van der Waals surface area (Å²) in [6.45, 7) is 0.672. The summed E-state index contributed by atoms with van der Waals surface area (Å²) in [5.74, 6) is 2.49. The second-order valence-electron chi connectivity index (χ2n) is 6.56. The van der Waals surface area contributed by atoms with Crippen molar-refractivity contribution in [1.29, 1.82) is 0 Å². The van der Waals surface area contributed by atoms with Crippen LogP contribution in [-0.4, -0.2) is 11.7 Å². The van der Waals surface area contributed by atoms with Gasteiger partial charge in [0.2, 0.25) is 0 Å². The molecule has 4 nitrogen and oxygen atoms in total. The third kappa shape index (κ3) is 2.95. The number of aromatic nitrogens is 1. The van der Waals surface area contributed by atoms with Gasteiger partial charge in [0, 0.05) is 23.6 Å². The number of anilines is 4. The van der Waals surface area contributed by atoms with E-state index in [-0.39, 0.29) is 0 Å². The zero-order valence-corrected chi connectivity index (χ0v) is 15.3. The van der Waals surface area contributed by atoms with Crippen LogP contribution in [0.2, 0.25) is 0 Å². The topological polar surface area (TPSA) is 28.6 Å². The number of nitrogens with zero attached hydrogens (tertiary/aromatic N) is 3. The third-order valence-electron chi connectivity index (χ3n) is 4.78. The number of hydrogen-bond donors (Lipinski definition) is 0. The van der Waals surface area contributed by atoms with Gasteiger partial charge in [-0.1, -0.05) is 54.6 Å². The van der Waals surface area contributed by atoms with Gasteiger partial charge in [0.25, 0.3) is 0 Å². The highest BCUT2D eigenvalue weighted by molar-refractivity contribution is 5.88. The minimum absolute atomic E-state index is 0.672.